The molecule has 0 unspecified atom stereocenters. The minimum absolute atomic E-state index is 0.955. The van der Waals surface area contributed by atoms with E-state index in [2.05, 4.69) is 24.1 Å². The summed E-state index contributed by atoms with van der Waals surface area (Å²) in [5.41, 5.74) is 0. The number of rotatable bonds is 10. The Kier molecular flexibility index (Phi) is 7.03. The highest BCUT2D eigenvalue weighted by Gasteiger charge is 2.26. The van der Waals surface area contributed by atoms with E-state index in [-0.39, 0.29) is 0 Å². The zero-order chi connectivity index (χ0) is 10.9. The second-order valence-corrected chi connectivity index (χ2v) is 4.63. The lowest BCUT2D eigenvalue weighted by Gasteiger charge is -2.19. The van der Waals surface area contributed by atoms with Gasteiger partial charge < -0.3 is 10.2 Å². The van der Waals surface area contributed by atoms with Gasteiger partial charge in [-0.05, 0) is 51.9 Å². The zero-order valence-electron chi connectivity index (χ0n) is 10.6. The van der Waals surface area contributed by atoms with Crippen molar-refractivity contribution in [3.05, 3.63) is 0 Å². The molecule has 0 aromatic heterocycles. The van der Waals surface area contributed by atoms with E-state index in [0.29, 0.717) is 0 Å². The number of nitrogens with one attached hydrogen (secondary N) is 1. The minimum atomic E-state index is 0.955. The van der Waals surface area contributed by atoms with Crippen LogP contribution in [0, 0.1) is 0 Å². The molecule has 0 heterocycles. The molecule has 0 aliphatic heterocycles. The van der Waals surface area contributed by atoms with Crippen LogP contribution in [-0.4, -0.2) is 37.1 Å². The van der Waals surface area contributed by atoms with Crippen LogP contribution in [0.1, 0.15) is 52.4 Å². The van der Waals surface area contributed by atoms with Crippen molar-refractivity contribution in [3.63, 3.8) is 0 Å². The molecule has 0 aromatic rings. The Morgan fingerprint density at radius 2 is 1.80 bits per heavy atom. The third-order valence-electron chi connectivity index (χ3n) is 3.27. The highest BCUT2D eigenvalue weighted by molar-refractivity contribution is 4.83. The predicted molar refractivity (Wildman–Crippen MR) is 67.3 cm³/mol. The lowest BCUT2D eigenvalue weighted by molar-refractivity contribution is 0.270. The van der Waals surface area contributed by atoms with Crippen LogP contribution in [0.3, 0.4) is 0 Å². The fraction of sp³-hybridized carbons (Fsp3) is 1.00. The molecule has 0 saturated heterocycles. The molecule has 1 aliphatic rings. The van der Waals surface area contributed by atoms with Crippen molar-refractivity contribution in [2.75, 3.05) is 26.2 Å². The van der Waals surface area contributed by atoms with Gasteiger partial charge in [0.1, 0.15) is 0 Å². The summed E-state index contributed by atoms with van der Waals surface area (Å²) >= 11 is 0. The summed E-state index contributed by atoms with van der Waals surface area (Å²) < 4.78 is 0. The standard InChI is InChI=1S/C13H28N2/c1-3-14-11-7-5-6-8-12-15(4-2)13-9-10-13/h13-14H,3-12H2,1-2H3. The number of hydrogen-bond acceptors (Lipinski definition) is 2. The van der Waals surface area contributed by atoms with Gasteiger partial charge in [-0.25, -0.2) is 0 Å². The lowest BCUT2D eigenvalue weighted by atomic mass is 10.2. The zero-order valence-corrected chi connectivity index (χ0v) is 10.6. The second-order valence-electron chi connectivity index (χ2n) is 4.63. The fourth-order valence-electron chi connectivity index (χ4n) is 2.13. The van der Waals surface area contributed by atoms with Crippen LogP contribution in [-0.2, 0) is 0 Å². The Morgan fingerprint density at radius 3 is 2.40 bits per heavy atom. The van der Waals surface area contributed by atoms with E-state index in [9.17, 15) is 0 Å². The molecular weight excluding hydrogens is 184 g/mol. The first-order valence-electron chi connectivity index (χ1n) is 6.83. The molecule has 15 heavy (non-hydrogen) atoms. The smallest absolute Gasteiger partial charge is 0.00963 e. The van der Waals surface area contributed by atoms with E-state index < -0.39 is 0 Å². The predicted octanol–water partition coefficient (Wildman–Crippen LogP) is 2.64. The van der Waals surface area contributed by atoms with Gasteiger partial charge >= 0.3 is 0 Å². The van der Waals surface area contributed by atoms with Crippen molar-refractivity contribution >= 4 is 0 Å². The molecule has 0 bridgehead atoms. The Bertz CT molecular complexity index is 143. The summed E-state index contributed by atoms with van der Waals surface area (Å²) in [6.07, 6.45) is 8.46. The molecule has 2 heteroatoms. The van der Waals surface area contributed by atoms with Gasteiger partial charge in [0.05, 0.1) is 0 Å². The van der Waals surface area contributed by atoms with Crippen LogP contribution in [0.15, 0.2) is 0 Å². The van der Waals surface area contributed by atoms with Crippen molar-refractivity contribution in [2.24, 2.45) is 0 Å². The van der Waals surface area contributed by atoms with Gasteiger partial charge in [-0.3, -0.25) is 0 Å². The second kappa shape index (κ2) is 8.12. The maximum absolute atomic E-state index is 3.38. The molecule has 1 aliphatic carbocycles. The number of unbranched alkanes of at least 4 members (excludes halogenated alkanes) is 3. The van der Waals surface area contributed by atoms with E-state index in [1.165, 1.54) is 58.2 Å². The average molecular weight is 212 g/mol. The van der Waals surface area contributed by atoms with Crippen molar-refractivity contribution in [1.82, 2.24) is 10.2 Å². The summed E-state index contributed by atoms with van der Waals surface area (Å²) in [6, 6.07) is 0.955. The molecule has 0 aromatic carbocycles. The van der Waals surface area contributed by atoms with Crippen LogP contribution in [0.4, 0.5) is 0 Å². The Hall–Kier alpha value is -0.0800. The Balaban J connectivity index is 1.83. The molecule has 2 nitrogen and oxygen atoms in total. The van der Waals surface area contributed by atoms with Gasteiger partial charge in [0.2, 0.25) is 0 Å². The van der Waals surface area contributed by atoms with E-state index in [1.54, 1.807) is 0 Å². The van der Waals surface area contributed by atoms with Gasteiger partial charge in [-0.1, -0.05) is 26.7 Å². The van der Waals surface area contributed by atoms with Gasteiger partial charge in [0, 0.05) is 6.04 Å². The molecule has 0 spiro atoms. The van der Waals surface area contributed by atoms with Gasteiger partial charge in [0.25, 0.3) is 0 Å². The van der Waals surface area contributed by atoms with Crippen molar-refractivity contribution < 1.29 is 0 Å². The van der Waals surface area contributed by atoms with Gasteiger partial charge in [-0.2, -0.15) is 0 Å². The summed E-state index contributed by atoms with van der Waals surface area (Å²) in [6.45, 7) is 9.38. The van der Waals surface area contributed by atoms with Crippen molar-refractivity contribution in [2.45, 2.75) is 58.4 Å². The molecule has 1 rings (SSSR count). The molecule has 1 fully saturated rings. The maximum atomic E-state index is 3.38. The van der Waals surface area contributed by atoms with Crippen molar-refractivity contribution in [3.8, 4) is 0 Å². The fourth-order valence-corrected chi connectivity index (χ4v) is 2.13. The third kappa shape index (κ3) is 6.16. The molecule has 0 amide bonds. The summed E-state index contributed by atoms with van der Waals surface area (Å²) in [7, 11) is 0. The Morgan fingerprint density at radius 1 is 1.07 bits per heavy atom. The third-order valence-corrected chi connectivity index (χ3v) is 3.27. The minimum Gasteiger partial charge on any atom is -0.317 e. The highest BCUT2D eigenvalue weighted by atomic mass is 15.2. The first-order valence-corrected chi connectivity index (χ1v) is 6.83. The molecule has 1 saturated carbocycles. The van der Waals surface area contributed by atoms with Crippen LogP contribution >= 0.6 is 0 Å². The Labute approximate surface area is 95.4 Å². The van der Waals surface area contributed by atoms with Gasteiger partial charge in [0.15, 0.2) is 0 Å². The van der Waals surface area contributed by atoms with Crippen LogP contribution < -0.4 is 5.32 Å². The van der Waals surface area contributed by atoms with E-state index in [1.807, 2.05) is 0 Å². The van der Waals surface area contributed by atoms with E-state index in [0.717, 1.165) is 12.6 Å². The molecule has 0 atom stereocenters. The van der Waals surface area contributed by atoms with E-state index in [4.69, 9.17) is 0 Å². The highest BCUT2D eigenvalue weighted by Crippen LogP contribution is 2.26. The first-order chi connectivity index (χ1) is 7.38. The van der Waals surface area contributed by atoms with Crippen molar-refractivity contribution in [1.29, 1.82) is 0 Å². The normalized spacial score (nSPS) is 16.2. The van der Waals surface area contributed by atoms with Crippen LogP contribution in [0.2, 0.25) is 0 Å². The molecule has 1 N–H and O–H groups in total. The number of hydrogen-bond donors (Lipinski definition) is 1. The summed E-state index contributed by atoms with van der Waals surface area (Å²) in [5, 5.41) is 3.38. The SMILES string of the molecule is CCNCCCCCCN(CC)C1CC1. The molecule has 0 radical (unpaired) electrons. The summed E-state index contributed by atoms with van der Waals surface area (Å²) in [5.74, 6) is 0. The van der Waals surface area contributed by atoms with Crippen LogP contribution in [0.5, 0.6) is 0 Å². The largest absolute Gasteiger partial charge is 0.317 e. The monoisotopic (exact) mass is 212 g/mol. The van der Waals surface area contributed by atoms with E-state index >= 15 is 0 Å². The van der Waals surface area contributed by atoms with Gasteiger partial charge in [-0.15, -0.1) is 0 Å². The number of nitrogens with zero attached hydrogens (tertiary/aromatic N) is 1. The quantitative estimate of drug-likeness (QED) is 0.560. The average Bonchev–Trinajstić information content (AvgIpc) is 3.06. The first kappa shape index (κ1) is 13.0. The summed E-state index contributed by atoms with van der Waals surface area (Å²) in [4.78, 5) is 2.66. The molecular formula is C13H28N2. The maximum Gasteiger partial charge on any atom is 0.00963 e. The van der Waals surface area contributed by atoms with Crippen LogP contribution in [0.25, 0.3) is 0 Å². The lowest BCUT2D eigenvalue weighted by Crippen LogP contribution is -2.26. The molecule has 90 valence electrons. The topological polar surface area (TPSA) is 15.3 Å².